The highest BCUT2D eigenvalue weighted by atomic mass is 16.5. The van der Waals surface area contributed by atoms with Crippen LogP contribution < -0.4 is 14.2 Å². The zero-order valence-corrected chi connectivity index (χ0v) is 18.3. The molecule has 1 N–H and O–H groups in total. The van der Waals surface area contributed by atoms with E-state index in [2.05, 4.69) is 15.1 Å². The van der Waals surface area contributed by atoms with Crippen molar-refractivity contribution in [1.29, 1.82) is 0 Å². The van der Waals surface area contributed by atoms with E-state index in [4.69, 9.17) is 19.2 Å². The predicted octanol–water partition coefficient (Wildman–Crippen LogP) is 4.20. The van der Waals surface area contributed by atoms with Crippen LogP contribution in [0.1, 0.15) is 22.6 Å². The number of pyridine rings is 1. The lowest BCUT2D eigenvalue weighted by atomic mass is 9.83. The van der Waals surface area contributed by atoms with E-state index in [1.807, 2.05) is 42.5 Å². The summed E-state index contributed by atoms with van der Waals surface area (Å²) in [7, 11) is 3.20. The fourth-order valence-corrected chi connectivity index (χ4v) is 4.29. The first kappa shape index (κ1) is 20.0. The molecular formula is C25H19N5O4. The molecule has 6 rings (SSSR count). The standard InChI is InChI=1S/C25H19N5O4/c1-32-18-9-6-14(11-20(18)33-2)21-16-8-7-15(31)12-19(16)34-25-22(21)24-28-23(29-30(24)13-27-25)17-5-3-4-10-26-17/h3-13,21,31H,1-2H3/t21-/m1/s1. The van der Waals surface area contributed by atoms with Crippen molar-refractivity contribution in [3.05, 3.63) is 83.8 Å². The summed E-state index contributed by atoms with van der Waals surface area (Å²) >= 11 is 0. The molecule has 0 fully saturated rings. The molecule has 9 nitrogen and oxygen atoms in total. The Morgan fingerprint density at radius 1 is 0.971 bits per heavy atom. The van der Waals surface area contributed by atoms with Gasteiger partial charge in [0.05, 0.1) is 19.8 Å². The van der Waals surface area contributed by atoms with Gasteiger partial charge in [-0.1, -0.05) is 18.2 Å². The van der Waals surface area contributed by atoms with Gasteiger partial charge >= 0.3 is 0 Å². The highest BCUT2D eigenvalue weighted by molar-refractivity contribution is 5.68. The zero-order valence-electron chi connectivity index (χ0n) is 18.3. The van der Waals surface area contributed by atoms with Crippen LogP contribution in [0.3, 0.4) is 0 Å². The molecule has 0 radical (unpaired) electrons. The molecule has 9 heteroatoms. The molecule has 0 unspecified atom stereocenters. The first-order valence-corrected chi connectivity index (χ1v) is 10.6. The first-order chi connectivity index (χ1) is 16.7. The van der Waals surface area contributed by atoms with Gasteiger partial charge in [-0.25, -0.2) is 14.5 Å². The number of hydrogen-bond acceptors (Lipinski definition) is 8. The number of rotatable bonds is 4. The Hall–Kier alpha value is -4.66. The maximum absolute atomic E-state index is 10.1. The second kappa shape index (κ2) is 7.73. The molecule has 4 heterocycles. The summed E-state index contributed by atoms with van der Waals surface area (Å²) in [6, 6.07) is 16.4. The Labute approximate surface area is 194 Å². The Bertz CT molecular complexity index is 1530. The molecular weight excluding hydrogens is 434 g/mol. The lowest BCUT2D eigenvalue weighted by Gasteiger charge is -2.28. The summed E-state index contributed by atoms with van der Waals surface area (Å²) in [5.41, 5.74) is 3.79. The number of benzene rings is 2. The molecule has 168 valence electrons. The fourth-order valence-electron chi connectivity index (χ4n) is 4.29. The average Bonchev–Trinajstić information content (AvgIpc) is 3.32. The monoisotopic (exact) mass is 453 g/mol. The highest BCUT2D eigenvalue weighted by Gasteiger charge is 2.34. The van der Waals surface area contributed by atoms with Gasteiger partial charge in [-0.3, -0.25) is 4.98 Å². The molecule has 0 saturated carbocycles. The van der Waals surface area contributed by atoms with Crippen LogP contribution in [0.15, 0.2) is 67.1 Å². The number of hydrogen-bond donors (Lipinski definition) is 1. The number of phenolic OH excluding ortho intramolecular Hbond substituents is 1. The first-order valence-electron chi connectivity index (χ1n) is 10.6. The number of fused-ring (bicyclic) bond motifs is 4. The second-order valence-electron chi connectivity index (χ2n) is 7.75. The van der Waals surface area contributed by atoms with Gasteiger partial charge in [0.1, 0.15) is 23.5 Å². The van der Waals surface area contributed by atoms with E-state index in [1.54, 1.807) is 43.4 Å². The van der Waals surface area contributed by atoms with Crippen molar-refractivity contribution >= 4 is 5.65 Å². The van der Waals surface area contributed by atoms with Crippen molar-refractivity contribution in [1.82, 2.24) is 24.6 Å². The third-order valence-electron chi connectivity index (χ3n) is 5.83. The van der Waals surface area contributed by atoms with E-state index >= 15 is 0 Å². The van der Waals surface area contributed by atoms with Crippen molar-refractivity contribution in [3.63, 3.8) is 0 Å². The summed E-state index contributed by atoms with van der Waals surface area (Å²) in [5, 5.41) is 14.7. The summed E-state index contributed by atoms with van der Waals surface area (Å²) in [6.07, 6.45) is 3.26. The minimum Gasteiger partial charge on any atom is -0.508 e. The summed E-state index contributed by atoms with van der Waals surface area (Å²) in [5.74, 6) is 2.42. The van der Waals surface area contributed by atoms with E-state index in [0.29, 0.717) is 40.3 Å². The van der Waals surface area contributed by atoms with Crippen molar-refractivity contribution in [2.75, 3.05) is 14.2 Å². The van der Waals surface area contributed by atoms with Gasteiger partial charge in [-0.05, 0) is 35.9 Å². The predicted molar refractivity (Wildman–Crippen MR) is 123 cm³/mol. The maximum atomic E-state index is 10.1. The van der Waals surface area contributed by atoms with Gasteiger partial charge in [-0.15, -0.1) is 5.10 Å². The van der Waals surface area contributed by atoms with E-state index in [1.165, 1.54) is 0 Å². The molecule has 5 aromatic rings. The third kappa shape index (κ3) is 3.09. The van der Waals surface area contributed by atoms with Crippen LogP contribution in [0.25, 0.3) is 17.2 Å². The van der Waals surface area contributed by atoms with Crippen molar-refractivity contribution in [2.24, 2.45) is 0 Å². The SMILES string of the molecule is COc1ccc([C@@H]2c3ccc(O)cc3Oc3ncn4nc(-c5ccccn5)nc4c32)cc1OC. The van der Waals surface area contributed by atoms with E-state index in [9.17, 15) is 5.11 Å². The topological polar surface area (TPSA) is 104 Å². The minimum absolute atomic E-state index is 0.106. The van der Waals surface area contributed by atoms with Crippen LogP contribution >= 0.6 is 0 Å². The van der Waals surface area contributed by atoms with Gasteiger partial charge < -0.3 is 19.3 Å². The molecule has 1 aliphatic rings. The van der Waals surface area contributed by atoms with E-state index in [-0.39, 0.29) is 11.7 Å². The van der Waals surface area contributed by atoms with Crippen LogP contribution in [0.4, 0.5) is 0 Å². The molecule has 0 saturated heterocycles. The molecule has 0 amide bonds. The minimum atomic E-state index is -0.309. The number of aromatic nitrogens is 5. The number of ether oxygens (including phenoxy) is 3. The lowest BCUT2D eigenvalue weighted by Crippen LogP contribution is -2.15. The zero-order chi connectivity index (χ0) is 23.2. The van der Waals surface area contributed by atoms with Crippen LogP contribution in [-0.2, 0) is 0 Å². The van der Waals surface area contributed by atoms with Crippen LogP contribution in [0.2, 0.25) is 0 Å². The van der Waals surface area contributed by atoms with E-state index in [0.717, 1.165) is 16.7 Å². The molecule has 2 aromatic carbocycles. The van der Waals surface area contributed by atoms with Gasteiger partial charge in [0.25, 0.3) is 0 Å². The molecule has 0 spiro atoms. The molecule has 34 heavy (non-hydrogen) atoms. The number of nitrogens with zero attached hydrogens (tertiary/aromatic N) is 5. The quantitative estimate of drug-likeness (QED) is 0.424. The summed E-state index contributed by atoms with van der Waals surface area (Å²) in [4.78, 5) is 13.7. The summed E-state index contributed by atoms with van der Waals surface area (Å²) in [6.45, 7) is 0. The largest absolute Gasteiger partial charge is 0.508 e. The third-order valence-corrected chi connectivity index (χ3v) is 5.83. The molecule has 0 bridgehead atoms. The molecule has 1 atom stereocenters. The Morgan fingerprint density at radius 3 is 2.65 bits per heavy atom. The smallest absolute Gasteiger partial charge is 0.228 e. The van der Waals surface area contributed by atoms with Crippen LogP contribution in [0.5, 0.6) is 28.9 Å². The molecule has 3 aromatic heterocycles. The Morgan fingerprint density at radius 2 is 1.85 bits per heavy atom. The molecule has 1 aliphatic heterocycles. The van der Waals surface area contributed by atoms with Gasteiger partial charge in [-0.2, -0.15) is 0 Å². The number of aromatic hydroxyl groups is 1. The van der Waals surface area contributed by atoms with Crippen molar-refractivity contribution < 1.29 is 19.3 Å². The molecule has 0 aliphatic carbocycles. The normalized spacial score (nSPS) is 14.2. The van der Waals surface area contributed by atoms with Crippen LogP contribution in [-0.4, -0.2) is 43.9 Å². The second-order valence-corrected chi connectivity index (χ2v) is 7.75. The number of methoxy groups -OCH3 is 2. The van der Waals surface area contributed by atoms with Crippen molar-refractivity contribution in [3.8, 4) is 40.4 Å². The average molecular weight is 453 g/mol. The van der Waals surface area contributed by atoms with Gasteiger partial charge in [0.2, 0.25) is 11.7 Å². The van der Waals surface area contributed by atoms with Crippen LogP contribution in [0, 0.1) is 0 Å². The summed E-state index contributed by atoms with van der Waals surface area (Å²) < 4.78 is 18.7. The van der Waals surface area contributed by atoms with Gasteiger partial charge in [0, 0.05) is 23.7 Å². The fraction of sp³-hybridized carbons (Fsp3) is 0.120. The number of phenols is 1. The van der Waals surface area contributed by atoms with Crippen molar-refractivity contribution in [2.45, 2.75) is 5.92 Å². The van der Waals surface area contributed by atoms with E-state index < -0.39 is 0 Å². The van der Waals surface area contributed by atoms with Gasteiger partial charge in [0.15, 0.2) is 17.1 Å². The Kier molecular flexibility index (Phi) is 4.54. The maximum Gasteiger partial charge on any atom is 0.228 e. The Balaban J connectivity index is 1.61. The highest BCUT2D eigenvalue weighted by Crippen LogP contribution is 2.49. The lowest BCUT2D eigenvalue weighted by molar-refractivity contribution is 0.354.